The molecule has 1 saturated carbocycles. The minimum atomic E-state index is -1.55. The molecular formula is C35H38ClN3O4. The molecular weight excluding hydrogens is 562 g/mol. The molecule has 3 aromatic carbocycles. The van der Waals surface area contributed by atoms with E-state index in [1.807, 2.05) is 17.0 Å². The van der Waals surface area contributed by atoms with E-state index in [4.69, 9.17) is 16.3 Å². The monoisotopic (exact) mass is 599 g/mol. The van der Waals surface area contributed by atoms with E-state index in [9.17, 15) is 14.7 Å². The van der Waals surface area contributed by atoms with Crippen LogP contribution in [0.25, 0.3) is 22.0 Å². The number of hydrogen-bond donors (Lipinski definition) is 2. The van der Waals surface area contributed by atoms with Crippen molar-refractivity contribution >= 4 is 34.2 Å². The second-order valence-corrected chi connectivity index (χ2v) is 12.5. The van der Waals surface area contributed by atoms with Crippen LogP contribution in [0.5, 0.6) is 5.75 Å². The topological polar surface area (TPSA) is 83.8 Å². The Balaban J connectivity index is 1.19. The quantitative estimate of drug-likeness (QED) is 0.156. The molecule has 6 rings (SSSR count). The van der Waals surface area contributed by atoms with Gasteiger partial charge in [-0.05, 0) is 87.2 Å². The van der Waals surface area contributed by atoms with Crippen LogP contribution in [0, 0.1) is 0 Å². The number of rotatable bonds is 10. The molecule has 2 aliphatic rings. The summed E-state index contributed by atoms with van der Waals surface area (Å²) in [5.74, 6) is -0.841. The number of amides is 1. The van der Waals surface area contributed by atoms with E-state index in [0.29, 0.717) is 35.5 Å². The minimum Gasteiger partial charge on any atom is -0.489 e. The fourth-order valence-electron chi connectivity index (χ4n) is 6.04. The predicted molar refractivity (Wildman–Crippen MR) is 169 cm³/mol. The largest absolute Gasteiger partial charge is 0.489 e. The van der Waals surface area contributed by atoms with Crippen LogP contribution in [0.3, 0.4) is 0 Å². The maximum atomic E-state index is 13.2. The third-order valence-electron chi connectivity index (χ3n) is 8.68. The Labute approximate surface area is 257 Å². The second kappa shape index (κ2) is 11.8. The highest BCUT2D eigenvalue weighted by Gasteiger charge is 2.44. The number of Topliss-reactive ketones (excluding diaryl/α,β-unsaturated/α-hetero) is 1. The first-order chi connectivity index (χ1) is 20.6. The Bertz CT molecular complexity index is 1650. The first-order valence-corrected chi connectivity index (χ1v) is 15.5. The van der Waals surface area contributed by atoms with Gasteiger partial charge in [0, 0.05) is 42.0 Å². The number of halogens is 1. The van der Waals surface area contributed by atoms with Crippen molar-refractivity contribution in [2.45, 2.75) is 70.4 Å². The van der Waals surface area contributed by atoms with Gasteiger partial charge in [-0.2, -0.15) is 0 Å². The minimum absolute atomic E-state index is 0.194. The zero-order chi connectivity index (χ0) is 30.3. The number of aliphatic hydroxyl groups is 1. The van der Waals surface area contributed by atoms with Gasteiger partial charge in [0.05, 0.1) is 17.2 Å². The highest BCUT2D eigenvalue weighted by atomic mass is 35.5. The lowest BCUT2D eigenvalue weighted by atomic mass is 9.93. The number of carbonyl (C=O) groups excluding carboxylic acids is 2. The van der Waals surface area contributed by atoms with Gasteiger partial charge in [0.1, 0.15) is 5.75 Å². The summed E-state index contributed by atoms with van der Waals surface area (Å²) in [4.78, 5) is 28.4. The summed E-state index contributed by atoms with van der Waals surface area (Å²) in [5.41, 5.74) is 2.43. The van der Waals surface area contributed by atoms with Crippen molar-refractivity contribution < 1.29 is 19.4 Å². The molecule has 1 saturated heterocycles. The van der Waals surface area contributed by atoms with Gasteiger partial charge in [0.15, 0.2) is 5.72 Å². The average Bonchev–Trinajstić information content (AvgIpc) is 3.46. The van der Waals surface area contributed by atoms with Crippen LogP contribution in [0.2, 0.25) is 5.02 Å². The third-order valence-corrected chi connectivity index (χ3v) is 8.98. The SMILES string of the molecule is CC(C)n1ccc2ccc(-c3ccc(C(=O)C(=O)N[C@H](C)[C@](O)(c4ccc(OC5CC5)c(Cl)c4)N4CCCC4)cc3)cc21. The average molecular weight is 600 g/mol. The standard InChI is InChI=1S/C35H38ClN3O4/c1-22(2)39-19-16-25-8-11-27(20-31(25)39)24-6-9-26(10-7-24)33(40)34(41)37-23(3)35(42,38-17-4-5-18-38)28-12-15-32(30(36)21-28)43-29-13-14-29/h6-12,15-16,19-23,29,42H,4-5,13-14,17-18H2,1-3H3,(H,37,41)/t23-,35+/m1/s1. The van der Waals surface area contributed by atoms with Gasteiger partial charge in [0.2, 0.25) is 5.78 Å². The summed E-state index contributed by atoms with van der Waals surface area (Å²) < 4.78 is 8.11. The number of benzene rings is 3. The molecule has 7 nitrogen and oxygen atoms in total. The van der Waals surface area contributed by atoms with Gasteiger partial charge < -0.3 is 19.7 Å². The molecule has 8 heteroatoms. The van der Waals surface area contributed by atoms with Crippen molar-refractivity contribution in [2.75, 3.05) is 13.1 Å². The van der Waals surface area contributed by atoms with E-state index < -0.39 is 23.5 Å². The molecule has 224 valence electrons. The predicted octanol–water partition coefficient (Wildman–Crippen LogP) is 6.71. The number of aromatic nitrogens is 1. The number of nitrogens with one attached hydrogen (secondary N) is 1. The summed E-state index contributed by atoms with van der Waals surface area (Å²) in [6.45, 7) is 7.36. The molecule has 0 unspecified atom stereocenters. The van der Waals surface area contributed by atoms with Crippen LogP contribution in [0.15, 0.2) is 72.9 Å². The number of nitrogens with zero attached hydrogens (tertiary/aromatic N) is 2. The number of ketones is 1. The number of carbonyl (C=O) groups is 2. The van der Waals surface area contributed by atoms with E-state index in [2.05, 4.69) is 54.2 Å². The van der Waals surface area contributed by atoms with Gasteiger partial charge in [-0.25, -0.2) is 0 Å². The maximum Gasteiger partial charge on any atom is 0.292 e. The third kappa shape index (κ3) is 5.81. The number of hydrogen-bond acceptors (Lipinski definition) is 5. The Hall–Kier alpha value is -3.65. The second-order valence-electron chi connectivity index (χ2n) is 12.1. The summed E-state index contributed by atoms with van der Waals surface area (Å²) >= 11 is 6.56. The highest BCUT2D eigenvalue weighted by molar-refractivity contribution is 6.42. The van der Waals surface area contributed by atoms with Crippen LogP contribution < -0.4 is 10.1 Å². The van der Waals surface area contributed by atoms with Gasteiger partial charge in [-0.1, -0.05) is 54.1 Å². The molecule has 43 heavy (non-hydrogen) atoms. The molecule has 4 aromatic rings. The molecule has 1 aliphatic heterocycles. The van der Waals surface area contributed by atoms with Crippen LogP contribution in [0.4, 0.5) is 0 Å². The molecule has 1 aromatic heterocycles. The summed E-state index contributed by atoms with van der Waals surface area (Å²) in [5, 5.41) is 16.5. The molecule has 2 fully saturated rings. The maximum absolute atomic E-state index is 13.2. The molecule has 2 atom stereocenters. The van der Waals surface area contributed by atoms with Crippen molar-refractivity contribution in [1.29, 1.82) is 0 Å². The molecule has 0 radical (unpaired) electrons. The Morgan fingerprint density at radius 3 is 2.30 bits per heavy atom. The Morgan fingerprint density at radius 1 is 0.953 bits per heavy atom. The fraction of sp³-hybridized carbons (Fsp3) is 0.371. The normalized spacial score (nSPS) is 17.6. The lowest BCUT2D eigenvalue weighted by Gasteiger charge is -2.42. The van der Waals surface area contributed by atoms with Crippen LogP contribution >= 0.6 is 11.6 Å². The number of fused-ring (bicyclic) bond motifs is 1. The van der Waals surface area contributed by atoms with Crippen LogP contribution in [0.1, 0.15) is 68.4 Å². The van der Waals surface area contributed by atoms with E-state index in [1.165, 1.54) is 5.39 Å². The van der Waals surface area contributed by atoms with E-state index in [1.54, 1.807) is 37.3 Å². The van der Waals surface area contributed by atoms with E-state index >= 15 is 0 Å². The summed E-state index contributed by atoms with van der Waals surface area (Å²) in [6, 6.07) is 20.3. The van der Waals surface area contributed by atoms with Crippen molar-refractivity contribution in [1.82, 2.24) is 14.8 Å². The van der Waals surface area contributed by atoms with Crippen molar-refractivity contribution in [3.8, 4) is 16.9 Å². The zero-order valence-corrected chi connectivity index (χ0v) is 25.6. The number of likely N-dealkylation sites (tertiary alicyclic amines) is 1. The highest BCUT2D eigenvalue weighted by Crippen LogP contribution is 2.38. The lowest BCUT2D eigenvalue weighted by Crippen LogP contribution is -2.59. The summed E-state index contributed by atoms with van der Waals surface area (Å²) in [6.07, 6.45) is 6.18. The van der Waals surface area contributed by atoms with Gasteiger partial charge >= 0.3 is 0 Å². The Morgan fingerprint density at radius 2 is 1.65 bits per heavy atom. The molecule has 0 spiro atoms. The molecule has 0 bridgehead atoms. The van der Waals surface area contributed by atoms with E-state index in [0.717, 1.165) is 42.3 Å². The Kier molecular flexibility index (Phi) is 8.07. The van der Waals surface area contributed by atoms with Crippen LogP contribution in [-0.4, -0.2) is 51.5 Å². The van der Waals surface area contributed by atoms with E-state index in [-0.39, 0.29) is 11.7 Å². The zero-order valence-electron chi connectivity index (χ0n) is 24.8. The van der Waals surface area contributed by atoms with Crippen molar-refractivity contribution in [2.24, 2.45) is 0 Å². The van der Waals surface area contributed by atoms with Crippen molar-refractivity contribution in [3.63, 3.8) is 0 Å². The summed E-state index contributed by atoms with van der Waals surface area (Å²) in [7, 11) is 0. The first-order valence-electron chi connectivity index (χ1n) is 15.2. The van der Waals surface area contributed by atoms with Crippen LogP contribution in [-0.2, 0) is 10.5 Å². The molecule has 1 amide bonds. The van der Waals surface area contributed by atoms with Crippen molar-refractivity contribution in [3.05, 3.63) is 89.1 Å². The first kappa shape index (κ1) is 29.4. The fourth-order valence-corrected chi connectivity index (χ4v) is 6.27. The van der Waals surface area contributed by atoms with Gasteiger partial charge in [-0.3, -0.25) is 14.5 Å². The van der Waals surface area contributed by atoms with Gasteiger partial charge in [0.25, 0.3) is 5.91 Å². The smallest absolute Gasteiger partial charge is 0.292 e. The lowest BCUT2D eigenvalue weighted by molar-refractivity contribution is -0.139. The molecule has 1 aliphatic carbocycles. The number of ether oxygens (including phenoxy) is 1. The molecule has 2 N–H and O–H groups in total. The van der Waals surface area contributed by atoms with Gasteiger partial charge in [-0.15, -0.1) is 0 Å². The molecule has 2 heterocycles.